The van der Waals surface area contributed by atoms with E-state index in [4.69, 9.17) is 5.11 Å². The predicted molar refractivity (Wildman–Crippen MR) is 67.5 cm³/mol. The molecule has 0 aliphatic rings. The fraction of sp³-hybridized carbons (Fsp3) is 0.364. The minimum absolute atomic E-state index is 0.328. The van der Waals surface area contributed by atoms with E-state index >= 15 is 0 Å². The van der Waals surface area contributed by atoms with Crippen LogP contribution in [0.5, 0.6) is 0 Å². The van der Waals surface area contributed by atoms with E-state index in [9.17, 15) is 4.79 Å². The first kappa shape index (κ1) is 12.5. The zero-order valence-electron chi connectivity index (χ0n) is 8.77. The molecule has 1 rings (SSSR count). The Balaban J connectivity index is 2.76. The zero-order valence-corrected chi connectivity index (χ0v) is 10.4. The SMILES string of the molecule is CCSSC(C)c1cccc(C(=O)O)c1. The van der Waals surface area contributed by atoms with Crippen LogP contribution in [0.4, 0.5) is 0 Å². The highest BCUT2D eigenvalue weighted by atomic mass is 33.1. The Morgan fingerprint density at radius 2 is 2.27 bits per heavy atom. The maximum absolute atomic E-state index is 10.8. The maximum atomic E-state index is 10.8. The number of carboxylic acid groups (broad SMARTS) is 1. The van der Waals surface area contributed by atoms with Crippen LogP contribution in [0.3, 0.4) is 0 Å². The average Bonchev–Trinajstić information content (AvgIpc) is 2.26. The van der Waals surface area contributed by atoms with Crippen molar-refractivity contribution in [1.29, 1.82) is 0 Å². The van der Waals surface area contributed by atoms with Crippen molar-refractivity contribution in [3.05, 3.63) is 35.4 Å². The number of benzene rings is 1. The smallest absolute Gasteiger partial charge is 0.335 e. The minimum Gasteiger partial charge on any atom is -0.478 e. The van der Waals surface area contributed by atoms with Crippen molar-refractivity contribution in [2.75, 3.05) is 5.75 Å². The van der Waals surface area contributed by atoms with Crippen LogP contribution in [0.15, 0.2) is 24.3 Å². The number of rotatable bonds is 5. The lowest BCUT2D eigenvalue weighted by molar-refractivity contribution is 0.0697. The molecule has 0 aliphatic heterocycles. The minimum atomic E-state index is -0.864. The molecule has 0 bridgehead atoms. The molecule has 1 aromatic carbocycles. The molecule has 0 spiro atoms. The van der Waals surface area contributed by atoms with Crippen molar-refractivity contribution in [3.8, 4) is 0 Å². The normalized spacial score (nSPS) is 12.4. The van der Waals surface area contributed by atoms with E-state index in [-0.39, 0.29) is 0 Å². The summed E-state index contributed by atoms with van der Waals surface area (Å²) < 4.78 is 0. The zero-order chi connectivity index (χ0) is 11.3. The Labute approximate surface area is 97.9 Å². The standard InChI is InChI=1S/C11H14O2S2/c1-3-14-15-8(2)9-5-4-6-10(7-9)11(12)13/h4-8H,3H2,1-2H3,(H,12,13). The summed E-state index contributed by atoms with van der Waals surface area (Å²) in [5, 5.41) is 9.18. The molecule has 2 nitrogen and oxygen atoms in total. The number of carboxylic acids is 1. The fourth-order valence-electron chi connectivity index (χ4n) is 1.15. The van der Waals surface area contributed by atoms with Crippen molar-refractivity contribution in [2.24, 2.45) is 0 Å². The van der Waals surface area contributed by atoms with Gasteiger partial charge in [-0.05, 0) is 24.6 Å². The Morgan fingerprint density at radius 1 is 1.53 bits per heavy atom. The molecule has 0 saturated heterocycles. The van der Waals surface area contributed by atoms with E-state index in [1.165, 1.54) is 0 Å². The third kappa shape index (κ3) is 3.80. The average molecular weight is 242 g/mol. The molecule has 15 heavy (non-hydrogen) atoms. The largest absolute Gasteiger partial charge is 0.478 e. The highest BCUT2D eigenvalue weighted by Crippen LogP contribution is 2.37. The summed E-state index contributed by atoms with van der Waals surface area (Å²) in [4.78, 5) is 10.8. The van der Waals surface area contributed by atoms with Gasteiger partial charge in [0.1, 0.15) is 0 Å². The van der Waals surface area contributed by atoms with Crippen LogP contribution in [0.1, 0.15) is 35.0 Å². The molecule has 0 heterocycles. The van der Waals surface area contributed by atoms with E-state index in [1.807, 2.05) is 6.07 Å². The van der Waals surface area contributed by atoms with Crippen molar-refractivity contribution in [2.45, 2.75) is 19.1 Å². The van der Waals surface area contributed by atoms with Gasteiger partial charge in [-0.2, -0.15) is 0 Å². The first-order valence-electron chi connectivity index (χ1n) is 4.76. The van der Waals surface area contributed by atoms with Gasteiger partial charge in [0, 0.05) is 11.0 Å². The van der Waals surface area contributed by atoms with Gasteiger partial charge in [-0.15, -0.1) is 0 Å². The quantitative estimate of drug-likeness (QED) is 0.796. The van der Waals surface area contributed by atoms with Gasteiger partial charge < -0.3 is 5.11 Å². The molecule has 0 amide bonds. The number of aromatic carboxylic acids is 1. The van der Waals surface area contributed by atoms with Crippen LogP contribution in [0, 0.1) is 0 Å². The van der Waals surface area contributed by atoms with Crippen LogP contribution in [0.25, 0.3) is 0 Å². The molecule has 1 aromatic rings. The van der Waals surface area contributed by atoms with Crippen molar-refractivity contribution >= 4 is 27.6 Å². The van der Waals surface area contributed by atoms with E-state index in [0.717, 1.165) is 11.3 Å². The van der Waals surface area contributed by atoms with Crippen LogP contribution < -0.4 is 0 Å². The molecule has 0 radical (unpaired) electrons. The molecule has 4 heteroatoms. The van der Waals surface area contributed by atoms with Crippen molar-refractivity contribution < 1.29 is 9.90 Å². The van der Waals surface area contributed by atoms with Crippen LogP contribution in [-0.2, 0) is 0 Å². The molecule has 1 N–H and O–H groups in total. The molecule has 1 unspecified atom stereocenters. The molecule has 0 aromatic heterocycles. The summed E-state index contributed by atoms with van der Waals surface area (Å²) in [6.07, 6.45) is 0. The first-order valence-corrected chi connectivity index (χ1v) is 7.15. The van der Waals surface area contributed by atoms with Gasteiger partial charge in [-0.25, -0.2) is 4.79 Å². The van der Waals surface area contributed by atoms with Gasteiger partial charge in [0.25, 0.3) is 0 Å². The van der Waals surface area contributed by atoms with Gasteiger partial charge in [0.15, 0.2) is 0 Å². The third-order valence-electron chi connectivity index (χ3n) is 1.93. The Kier molecular flexibility index (Phi) is 5.05. The van der Waals surface area contributed by atoms with Crippen LogP contribution >= 0.6 is 21.6 Å². The fourth-order valence-corrected chi connectivity index (χ4v) is 3.10. The lowest BCUT2D eigenvalue weighted by Crippen LogP contribution is -1.97. The van der Waals surface area contributed by atoms with Crippen LogP contribution in [0.2, 0.25) is 0 Å². The summed E-state index contributed by atoms with van der Waals surface area (Å²) in [6.45, 7) is 4.20. The monoisotopic (exact) mass is 242 g/mol. The second-order valence-corrected chi connectivity index (χ2v) is 6.07. The lowest BCUT2D eigenvalue weighted by Gasteiger charge is -2.10. The van der Waals surface area contributed by atoms with Crippen molar-refractivity contribution in [3.63, 3.8) is 0 Å². The lowest BCUT2D eigenvalue weighted by atomic mass is 10.1. The highest BCUT2D eigenvalue weighted by molar-refractivity contribution is 8.76. The van der Waals surface area contributed by atoms with Gasteiger partial charge in [-0.3, -0.25) is 0 Å². The Morgan fingerprint density at radius 3 is 2.87 bits per heavy atom. The number of hydrogen-bond acceptors (Lipinski definition) is 3. The molecule has 0 fully saturated rings. The van der Waals surface area contributed by atoms with Crippen LogP contribution in [-0.4, -0.2) is 16.8 Å². The van der Waals surface area contributed by atoms with Gasteiger partial charge in [0.2, 0.25) is 0 Å². The summed E-state index contributed by atoms with van der Waals surface area (Å²) in [5.74, 6) is 0.199. The second kappa shape index (κ2) is 6.08. The summed E-state index contributed by atoms with van der Waals surface area (Å²) in [5.41, 5.74) is 1.43. The first-order chi connectivity index (χ1) is 7.15. The third-order valence-corrected chi connectivity index (χ3v) is 4.85. The Hall–Kier alpha value is -0.610. The summed E-state index contributed by atoms with van der Waals surface area (Å²) in [6, 6.07) is 7.14. The van der Waals surface area contributed by atoms with Gasteiger partial charge in [0.05, 0.1) is 5.56 Å². The summed E-state index contributed by atoms with van der Waals surface area (Å²) >= 11 is 0. The highest BCUT2D eigenvalue weighted by Gasteiger charge is 2.09. The molecular weight excluding hydrogens is 228 g/mol. The topological polar surface area (TPSA) is 37.3 Å². The molecule has 0 saturated carbocycles. The second-order valence-electron chi connectivity index (χ2n) is 3.08. The maximum Gasteiger partial charge on any atom is 0.335 e. The number of hydrogen-bond donors (Lipinski definition) is 1. The molecule has 82 valence electrons. The van der Waals surface area contributed by atoms with Gasteiger partial charge in [-0.1, -0.05) is 40.6 Å². The molecule has 0 aliphatic carbocycles. The number of carbonyl (C=O) groups is 1. The predicted octanol–water partition coefficient (Wildman–Crippen LogP) is 3.85. The van der Waals surface area contributed by atoms with Crippen molar-refractivity contribution in [1.82, 2.24) is 0 Å². The van der Waals surface area contributed by atoms with Gasteiger partial charge >= 0.3 is 5.97 Å². The Bertz CT molecular complexity index is 339. The summed E-state index contributed by atoms with van der Waals surface area (Å²) in [7, 11) is 3.57. The molecule has 1 atom stereocenters. The molecular formula is C11H14O2S2. The van der Waals surface area contributed by atoms with E-state index in [0.29, 0.717) is 10.8 Å². The van der Waals surface area contributed by atoms with E-state index < -0.39 is 5.97 Å². The van der Waals surface area contributed by atoms with E-state index in [2.05, 4.69) is 13.8 Å². The van der Waals surface area contributed by atoms with E-state index in [1.54, 1.807) is 39.8 Å².